The summed E-state index contributed by atoms with van der Waals surface area (Å²) >= 11 is 0. The standard InChI is InChI=1S/C24H21FN8O/c1-12(14-4-7-18(27-9-14)13-2-3-13)33-23-20(19(8-26)32-33)24(34)31-22(30-23)17-6-5-16(17)21-28-10-15(25)11-29-21/h4,7,9-13,16-17H,2-3,5-6H2,1H3,(H,30,31,34)/t12-,16+,17+/m0/s1. The van der Waals surface area contributed by atoms with Crippen molar-refractivity contribution in [1.82, 2.24) is 34.7 Å². The van der Waals surface area contributed by atoms with Gasteiger partial charge in [-0.1, -0.05) is 6.07 Å². The molecule has 0 amide bonds. The summed E-state index contributed by atoms with van der Waals surface area (Å²) in [5.41, 5.74) is 2.01. The van der Waals surface area contributed by atoms with Crippen molar-refractivity contribution in [3.63, 3.8) is 0 Å². The summed E-state index contributed by atoms with van der Waals surface area (Å²) in [6.45, 7) is 1.95. The topological polar surface area (TPSA) is 126 Å². The zero-order valence-electron chi connectivity index (χ0n) is 18.4. The number of halogens is 1. The van der Waals surface area contributed by atoms with E-state index in [4.69, 9.17) is 4.98 Å². The van der Waals surface area contributed by atoms with Crippen LogP contribution in [0.2, 0.25) is 0 Å². The van der Waals surface area contributed by atoms with Gasteiger partial charge in [-0.25, -0.2) is 24.0 Å². The zero-order chi connectivity index (χ0) is 23.4. The summed E-state index contributed by atoms with van der Waals surface area (Å²) in [7, 11) is 0. The number of hydrogen-bond donors (Lipinski definition) is 1. The highest BCUT2D eigenvalue weighted by atomic mass is 19.1. The molecule has 0 spiro atoms. The molecule has 2 fully saturated rings. The minimum absolute atomic E-state index is 0.0386. The molecule has 0 aliphatic heterocycles. The van der Waals surface area contributed by atoms with Crippen LogP contribution in [-0.2, 0) is 0 Å². The second-order valence-corrected chi connectivity index (χ2v) is 9.07. The van der Waals surface area contributed by atoms with Gasteiger partial charge >= 0.3 is 0 Å². The molecule has 9 nitrogen and oxygen atoms in total. The van der Waals surface area contributed by atoms with Crippen molar-refractivity contribution in [2.24, 2.45) is 0 Å². The zero-order valence-corrected chi connectivity index (χ0v) is 18.4. The molecule has 0 radical (unpaired) electrons. The molecule has 4 heterocycles. The highest BCUT2D eigenvalue weighted by Crippen LogP contribution is 2.46. The van der Waals surface area contributed by atoms with E-state index in [1.54, 1.807) is 4.68 Å². The van der Waals surface area contributed by atoms with Gasteiger partial charge in [0.25, 0.3) is 5.56 Å². The van der Waals surface area contributed by atoms with Crippen LogP contribution in [-0.4, -0.2) is 34.7 Å². The van der Waals surface area contributed by atoms with Crippen LogP contribution in [0.4, 0.5) is 4.39 Å². The van der Waals surface area contributed by atoms with E-state index >= 15 is 0 Å². The maximum atomic E-state index is 13.3. The molecule has 2 aliphatic carbocycles. The highest BCUT2D eigenvalue weighted by Gasteiger charge is 2.38. The number of H-pyrrole nitrogens is 1. The number of fused-ring (bicyclic) bond motifs is 1. The number of aromatic nitrogens is 7. The summed E-state index contributed by atoms with van der Waals surface area (Å²) in [6, 6.07) is 5.81. The monoisotopic (exact) mass is 456 g/mol. The molecule has 0 saturated heterocycles. The van der Waals surface area contributed by atoms with Gasteiger partial charge in [-0.2, -0.15) is 10.4 Å². The maximum absolute atomic E-state index is 13.3. The molecule has 170 valence electrons. The van der Waals surface area contributed by atoms with E-state index in [1.807, 2.05) is 31.3 Å². The quantitative estimate of drug-likeness (QED) is 0.487. The van der Waals surface area contributed by atoms with Crippen LogP contribution in [0.15, 0.2) is 35.5 Å². The van der Waals surface area contributed by atoms with E-state index in [0.29, 0.717) is 23.2 Å². The largest absolute Gasteiger partial charge is 0.310 e. The Hall–Kier alpha value is -4.00. The van der Waals surface area contributed by atoms with Gasteiger partial charge < -0.3 is 4.98 Å². The van der Waals surface area contributed by atoms with Gasteiger partial charge in [-0.05, 0) is 44.2 Å². The Morgan fingerprint density at radius 2 is 1.88 bits per heavy atom. The SMILES string of the molecule is C[C@@H](c1ccc(C2CC2)nc1)n1nc(C#N)c2c(=O)[nH]c([C@@H]3CC[C@H]3c3ncc(F)cn3)nc21. The smallest absolute Gasteiger partial charge is 0.263 e. The molecule has 2 saturated carbocycles. The van der Waals surface area contributed by atoms with Crippen molar-refractivity contribution in [3.05, 3.63) is 75.5 Å². The third-order valence-electron chi connectivity index (χ3n) is 6.94. The number of pyridine rings is 1. The summed E-state index contributed by atoms with van der Waals surface area (Å²) in [4.78, 5) is 33.4. The summed E-state index contributed by atoms with van der Waals surface area (Å²) < 4.78 is 14.9. The normalized spacial score (nSPS) is 20.6. The Morgan fingerprint density at radius 1 is 1.12 bits per heavy atom. The van der Waals surface area contributed by atoms with Gasteiger partial charge in [-0.15, -0.1) is 0 Å². The van der Waals surface area contributed by atoms with E-state index in [1.165, 1.54) is 12.8 Å². The fourth-order valence-electron chi connectivity index (χ4n) is 4.66. The number of aromatic amines is 1. The fraction of sp³-hybridized carbons (Fsp3) is 0.375. The van der Waals surface area contributed by atoms with Crippen molar-refractivity contribution in [1.29, 1.82) is 5.26 Å². The lowest BCUT2D eigenvalue weighted by atomic mass is 9.72. The maximum Gasteiger partial charge on any atom is 0.263 e. The first-order valence-electron chi connectivity index (χ1n) is 11.4. The molecule has 4 aromatic rings. The second kappa shape index (κ2) is 7.80. The predicted octanol–water partition coefficient (Wildman–Crippen LogP) is 3.46. The van der Waals surface area contributed by atoms with Crippen LogP contribution >= 0.6 is 0 Å². The van der Waals surface area contributed by atoms with Crippen LogP contribution < -0.4 is 5.56 Å². The Kier molecular flexibility index (Phi) is 4.72. The van der Waals surface area contributed by atoms with Crippen molar-refractivity contribution in [2.45, 2.75) is 56.4 Å². The van der Waals surface area contributed by atoms with Crippen molar-refractivity contribution in [3.8, 4) is 6.07 Å². The van der Waals surface area contributed by atoms with Crippen molar-refractivity contribution >= 4 is 11.0 Å². The number of hydrogen-bond acceptors (Lipinski definition) is 7. The average Bonchev–Trinajstić information content (AvgIpc) is 3.60. The van der Waals surface area contributed by atoms with Gasteiger partial charge in [0.05, 0.1) is 18.4 Å². The Morgan fingerprint density at radius 3 is 2.50 bits per heavy atom. The molecule has 0 aromatic carbocycles. The molecule has 0 unspecified atom stereocenters. The van der Waals surface area contributed by atoms with E-state index in [2.05, 4.69) is 25.0 Å². The third-order valence-corrected chi connectivity index (χ3v) is 6.94. The molecule has 10 heteroatoms. The molecule has 2 aliphatic rings. The van der Waals surface area contributed by atoms with Gasteiger partial charge in [-0.3, -0.25) is 9.78 Å². The summed E-state index contributed by atoms with van der Waals surface area (Å²) in [6.07, 6.45) is 8.10. The number of nitrogens with one attached hydrogen (secondary N) is 1. The van der Waals surface area contributed by atoms with Gasteiger partial charge in [0, 0.05) is 29.6 Å². The van der Waals surface area contributed by atoms with Gasteiger partial charge in [0.1, 0.15) is 23.1 Å². The van der Waals surface area contributed by atoms with E-state index in [-0.39, 0.29) is 29.0 Å². The fourth-order valence-corrected chi connectivity index (χ4v) is 4.66. The van der Waals surface area contributed by atoms with E-state index < -0.39 is 11.4 Å². The lowest BCUT2D eigenvalue weighted by molar-refractivity contribution is 0.318. The summed E-state index contributed by atoms with van der Waals surface area (Å²) in [5.74, 6) is 0.928. The Labute approximate surface area is 193 Å². The Balaban J connectivity index is 1.40. The van der Waals surface area contributed by atoms with Crippen LogP contribution in [0.25, 0.3) is 11.0 Å². The molecule has 34 heavy (non-hydrogen) atoms. The van der Waals surface area contributed by atoms with Crippen LogP contribution in [0, 0.1) is 17.1 Å². The minimum atomic E-state index is -0.492. The third kappa shape index (κ3) is 3.36. The van der Waals surface area contributed by atoms with E-state index in [0.717, 1.165) is 36.5 Å². The van der Waals surface area contributed by atoms with Crippen LogP contribution in [0.3, 0.4) is 0 Å². The van der Waals surface area contributed by atoms with Crippen LogP contribution in [0.1, 0.15) is 85.0 Å². The minimum Gasteiger partial charge on any atom is -0.310 e. The summed E-state index contributed by atoms with van der Waals surface area (Å²) in [5, 5.41) is 14.2. The van der Waals surface area contributed by atoms with E-state index in [9.17, 15) is 14.4 Å². The molecular formula is C24H21FN8O. The second-order valence-electron chi connectivity index (χ2n) is 9.07. The Bertz CT molecular complexity index is 1480. The van der Waals surface area contributed by atoms with Crippen molar-refractivity contribution < 1.29 is 4.39 Å². The molecule has 1 N–H and O–H groups in total. The molecule has 0 bridgehead atoms. The predicted molar refractivity (Wildman–Crippen MR) is 120 cm³/mol. The number of nitrogens with zero attached hydrogens (tertiary/aromatic N) is 7. The highest BCUT2D eigenvalue weighted by molar-refractivity contribution is 5.80. The molecule has 4 aromatic heterocycles. The number of nitriles is 1. The van der Waals surface area contributed by atoms with Gasteiger partial charge in [0.15, 0.2) is 17.2 Å². The lowest BCUT2D eigenvalue weighted by Gasteiger charge is -2.34. The lowest BCUT2D eigenvalue weighted by Crippen LogP contribution is -2.28. The van der Waals surface area contributed by atoms with Crippen LogP contribution in [0.5, 0.6) is 0 Å². The van der Waals surface area contributed by atoms with Gasteiger partial charge in [0.2, 0.25) is 0 Å². The average molecular weight is 456 g/mol. The first-order chi connectivity index (χ1) is 16.5. The first-order valence-corrected chi connectivity index (χ1v) is 11.4. The van der Waals surface area contributed by atoms with Crippen molar-refractivity contribution in [2.75, 3.05) is 0 Å². The molecule has 6 rings (SSSR count). The molecular weight excluding hydrogens is 435 g/mol. The molecule has 3 atom stereocenters. The first kappa shape index (κ1) is 20.6. The number of rotatable bonds is 5.